The number of nitriles is 1. The summed E-state index contributed by atoms with van der Waals surface area (Å²) in [6.45, 7) is 1.22. The normalized spacial score (nSPS) is 21.2. The highest BCUT2D eigenvalue weighted by Crippen LogP contribution is 2.31. The van der Waals surface area contributed by atoms with Crippen LogP contribution in [-0.4, -0.2) is 36.0 Å². The van der Waals surface area contributed by atoms with Crippen LogP contribution in [0.3, 0.4) is 0 Å². The van der Waals surface area contributed by atoms with E-state index in [2.05, 4.69) is 24.3 Å². The molecule has 1 aliphatic heterocycles. The molecule has 1 aromatic carbocycles. The van der Waals surface area contributed by atoms with Crippen LogP contribution in [0.4, 0.5) is 4.79 Å². The topological polar surface area (TPSA) is 47.3 Å². The number of carbonyl (C=O) groups is 1. The van der Waals surface area contributed by atoms with E-state index < -0.39 is 0 Å². The highest BCUT2D eigenvalue weighted by molar-refractivity contribution is 5.77. The van der Waals surface area contributed by atoms with E-state index in [1.165, 1.54) is 29.5 Å². The molecule has 2 aliphatic rings. The van der Waals surface area contributed by atoms with Gasteiger partial charge in [-0.1, -0.05) is 18.2 Å². The molecule has 0 bridgehead atoms. The Morgan fingerprint density at radius 3 is 2.95 bits per heavy atom. The molecule has 0 aromatic heterocycles. The summed E-state index contributed by atoms with van der Waals surface area (Å²) in [5, 5.41) is 8.67. The summed E-state index contributed by atoms with van der Waals surface area (Å²) in [6.07, 6.45) is 3.98. The maximum atomic E-state index is 12.2. The van der Waals surface area contributed by atoms with Crippen LogP contribution in [0.25, 0.3) is 0 Å². The number of carbonyl (C=O) groups excluding carboxylic acids is 1. The fourth-order valence-corrected chi connectivity index (χ4v) is 3.27. The molecule has 1 aliphatic carbocycles. The first-order valence-electron chi connectivity index (χ1n) is 7.21. The zero-order chi connectivity index (χ0) is 14.1. The number of aryl methyl sites for hydroxylation is 2. The minimum atomic E-state index is 0.0331. The van der Waals surface area contributed by atoms with Crippen molar-refractivity contribution in [2.45, 2.75) is 31.7 Å². The van der Waals surface area contributed by atoms with Gasteiger partial charge in [-0.2, -0.15) is 5.26 Å². The van der Waals surface area contributed by atoms with Crippen LogP contribution in [0, 0.1) is 11.3 Å². The quantitative estimate of drug-likeness (QED) is 0.846. The molecule has 0 N–H and O–H groups in total. The number of urea groups is 1. The molecule has 1 fully saturated rings. The minimum absolute atomic E-state index is 0.0331. The van der Waals surface area contributed by atoms with E-state index in [4.69, 9.17) is 5.26 Å². The summed E-state index contributed by atoms with van der Waals surface area (Å²) in [7, 11) is 1.85. The standard InChI is InChI=1S/C16H19N3O/c1-18-15(11-19(16(18)20)9-3-8-17)14-7-6-12-4-2-5-13(12)10-14/h6-7,10,15H,2-5,9,11H2,1H3. The molecule has 4 nitrogen and oxygen atoms in total. The first-order chi connectivity index (χ1) is 9.70. The Kier molecular flexibility index (Phi) is 3.35. The van der Waals surface area contributed by atoms with E-state index in [9.17, 15) is 4.79 Å². The van der Waals surface area contributed by atoms with Gasteiger partial charge in [-0.3, -0.25) is 0 Å². The fraction of sp³-hybridized carbons (Fsp3) is 0.500. The first-order valence-corrected chi connectivity index (χ1v) is 7.21. The molecule has 0 saturated carbocycles. The molecule has 20 heavy (non-hydrogen) atoms. The van der Waals surface area contributed by atoms with Gasteiger partial charge in [0.05, 0.1) is 18.5 Å². The molecule has 1 heterocycles. The van der Waals surface area contributed by atoms with Gasteiger partial charge in [-0.05, 0) is 36.0 Å². The number of benzene rings is 1. The minimum Gasteiger partial charge on any atom is -0.321 e. The number of hydrogen-bond acceptors (Lipinski definition) is 2. The van der Waals surface area contributed by atoms with Crippen LogP contribution in [0.2, 0.25) is 0 Å². The highest BCUT2D eigenvalue weighted by atomic mass is 16.2. The van der Waals surface area contributed by atoms with Crippen molar-refractivity contribution in [3.63, 3.8) is 0 Å². The van der Waals surface area contributed by atoms with Gasteiger partial charge >= 0.3 is 6.03 Å². The molecule has 3 rings (SSSR count). The lowest BCUT2D eigenvalue weighted by molar-refractivity contribution is 0.196. The number of nitrogens with zero attached hydrogens (tertiary/aromatic N) is 3. The summed E-state index contributed by atoms with van der Waals surface area (Å²) in [5.74, 6) is 0. The molecule has 1 atom stereocenters. The molecule has 0 radical (unpaired) electrons. The molecule has 2 amide bonds. The van der Waals surface area contributed by atoms with Gasteiger partial charge in [0.1, 0.15) is 0 Å². The van der Waals surface area contributed by atoms with E-state index in [-0.39, 0.29) is 12.1 Å². The van der Waals surface area contributed by atoms with E-state index in [1.807, 2.05) is 7.05 Å². The number of rotatable bonds is 3. The van der Waals surface area contributed by atoms with Gasteiger partial charge in [0, 0.05) is 20.1 Å². The summed E-state index contributed by atoms with van der Waals surface area (Å²) >= 11 is 0. The summed E-state index contributed by atoms with van der Waals surface area (Å²) in [5.41, 5.74) is 4.13. The number of fused-ring (bicyclic) bond motifs is 1. The smallest absolute Gasteiger partial charge is 0.320 e. The third-order valence-electron chi connectivity index (χ3n) is 4.43. The largest absolute Gasteiger partial charge is 0.321 e. The second kappa shape index (κ2) is 5.16. The monoisotopic (exact) mass is 269 g/mol. The number of likely N-dealkylation sites (N-methyl/N-ethyl adjacent to an activating group) is 1. The van der Waals surface area contributed by atoms with Crippen LogP contribution < -0.4 is 0 Å². The van der Waals surface area contributed by atoms with Gasteiger partial charge in [0.2, 0.25) is 0 Å². The van der Waals surface area contributed by atoms with Crippen molar-refractivity contribution in [2.24, 2.45) is 0 Å². The molecular weight excluding hydrogens is 250 g/mol. The Balaban J connectivity index is 1.80. The van der Waals surface area contributed by atoms with Crippen molar-refractivity contribution >= 4 is 6.03 Å². The van der Waals surface area contributed by atoms with Crippen LogP contribution in [0.5, 0.6) is 0 Å². The maximum absolute atomic E-state index is 12.2. The lowest BCUT2D eigenvalue weighted by atomic mass is 10.0. The molecule has 0 spiro atoms. The van der Waals surface area contributed by atoms with Crippen molar-refractivity contribution in [1.29, 1.82) is 5.26 Å². The van der Waals surface area contributed by atoms with Gasteiger partial charge < -0.3 is 9.80 Å². The lowest BCUT2D eigenvalue weighted by Gasteiger charge is -2.19. The maximum Gasteiger partial charge on any atom is 0.320 e. The molecule has 1 saturated heterocycles. The van der Waals surface area contributed by atoms with E-state index in [1.54, 1.807) is 9.80 Å². The van der Waals surface area contributed by atoms with Crippen molar-refractivity contribution in [1.82, 2.24) is 9.80 Å². The Morgan fingerprint density at radius 2 is 2.15 bits per heavy atom. The van der Waals surface area contributed by atoms with E-state index in [0.29, 0.717) is 19.5 Å². The predicted octanol–water partition coefficient (Wildman–Crippen LogP) is 2.50. The number of amides is 2. The van der Waals surface area contributed by atoms with Crippen molar-refractivity contribution in [3.05, 3.63) is 34.9 Å². The third kappa shape index (κ3) is 2.14. The lowest BCUT2D eigenvalue weighted by Crippen LogP contribution is -2.30. The Morgan fingerprint density at radius 1 is 1.35 bits per heavy atom. The zero-order valence-electron chi connectivity index (χ0n) is 11.8. The van der Waals surface area contributed by atoms with Gasteiger partial charge in [-0.25, -0.2) is 4.79 Å². The van der Waals surface area contributed by atoms with Gasteiger partial charge in [0.15, 0.2) is 0 Å². The van der Waals surface area contributed by atoms with Crippen LogP contribution >= 0.6 is 0 Å². The molecular formula is C16H19N3O. The van der Waals surface area contributed by atoms with E-state index in [0.717, 1.165) is 6.42 Å². The second-order valence-electron chi connectivity index (χ2n) is 5.65. The Labute approximate surface area is 119 Å². The summed E-state index contributed by atoms with van der Waals surface area (Å²) in [4.78, 5) is 15.7. The van der Waals surface area contributed by atoms with Crippen molar-refractivity contribution in [2.75, 3.05) is 20.1 Å². The molecule has 4 heteroatoms. The molecule has 1 unspecified atom stereocenters. The third-order valence-corrected chi connectivity index (χ3v) is 4.43. The van der Waals surface area contributed by atoms with E-state index >= 15 is 0 Å². The SMILES string of the molecule is CN1C(=O)N(CCC#N)CC1c1ccc2c(c1)CCC2. The Bertz CT molecular complexity index is 576. The Hall–Kier alpha value is -2.02. The zero-order valence-corrected chi connectivity index (χ0v) is 11.8. The van der Waals surface area contributed by atoms with Crippen LogP contribution in [0.15, 0.2) is 18.2 Å². The molecule has 104 valence electrons. The van der Waals surface area contributed by atoms with Crippen LogP contribution in [-0.2, 0) is 12.8 Å². The van der Waals surface area contributed by atoms with Crippen molar-refractivity contribution in [3.8, 4) is 6.07 Å². The summed E-state index contributed by atoms with van der Waals surface area (Å²) < 4.78 is 0. The highest BCUT2D eigenvalue weighted by Gasteiger charge is 2.35. The second-order valence-corrected chi connectivity index (χ2v) is 5.65. The average Bonchev–Trinajstić information content (AvgIpc) is 3.03. The first kappa shape index (κ1) is 13.0. The fourth-order valence-electron chi connectivity index (χ4n) is 3.27. The van der Waals surface area contributed by atoms with Crippen LogP contribution in [0.1, 0.15) is 35.6 Å². The molecule has 1 aromatic rings. The average molecular weight is 269 g/mol. The van der Waals surface area contributed by atoms with Gasteiger partial charge in [-0.15, -0.1) is 0 Å². The predicted molar refractivity (Wildman–Crippen MR) is 76.2 cm³/mol. The number of hydrogen-bond donors (Lipinski definition) is 0. The van der Waals surface area contributed by atoms with Gasteiger partial charge in [0.25, 0.3) is 0 Å². The summed E-state index contributed by atoms with van der Waals surface area (Å²) in [6, 6.07) is 8.90. The van der Waals surface area contributed by atoms with Crippen molar-refractivity contribution < 1.29 is 4.79 Å².